The highest BCUT2D eigenvalue weighted by Crippen LogP contribution is 2.43. The predicted molar refractivity (Wildman–Crippen MR) is 77.1 cm³/mol. The zero-order chi connectivity index (χ0) is 13.3. The number of anilines is 1. The van der Waals surface area contributed by atoms with Gasteiger partial charge in [0.15, 0.2) is 0 Å². The van der Waals surface area contributed by atoms with Crippen molar-refractivity contribution >= 4 is 21.6 Å². The van der Waals surface area contributed by atoms with Crippen LogP contribution in [0.5, 0.6) is 0 Å². The topological polar surface area (TPSA) is 38.0 Å². The molecule has 1 aliphatic carbocycles. The molecule has 1 saturated carbocycles. The van der Waals surface area contributed by atoms with Crippen LogP contribution in [0.2, 0.25) is 0 Å². The minimum Gasteiger partial charge on any atom is -0.378 e. The van der Waals surface area contributed by atoms with Crippen LogP contribution in [-0.4, -0.2) is 12.1 Å². The monoisotopic (exact) mass is 314 g/mol. The maximum atomic E-state index is 13.2. The molecule has 2 rings (SSSR count). The van der Waals surface area contributed by atoms with Gasteiger partial charge in [0.25, 0.3) is 0 Å². The minimum absolute atomic E-state index is 0.00773. The first-order chi connectivity index (χ1) is 8.46. The van der Waals surface area contributed by atoms with Crippen molar-refractivity contribution < 1.29 is 4.39 Å². The zero-order valence-electron chi connectivity index (χ0n) is 10.8. The van der Waals surface area contributed by atoms with E-state index in [1.165, 1.54) is 6.07 Å². The molecule has 0 aromatic heterocycles. The van der Waals surface area contributed by atoms with Gasteiger partial charge < -0.3 is 11.1 Å². The van der Waals surface area contributed by atoms with Crippen molar-refractivity contribution in [3.63, 3.8) is 0 Å². The largest absolute Gasteiger partial charge is 0.378 e. The van der Waals surface area contributed by atoms with Crippen LogP contribution in [-0.2, 0) is 0 Å². The highest BCUT2D eigenvalue weighted by atomic mass is 79.9. The molecular formula is C14H20BrFN2. The molecule has 0 spiro atoms. The van der Waals surface area contributed by atoms with Gasteiger partial charge in [-0.25, -0.2) is 4.39 Å². The fraction of sp³-hybridized carbons (Fsp3) is 0.571. The van der Waals surface area contributed by atoms with Crippen molar-refractivity contribution in [3.8, 4) is 0 Å². The molecule has 0 atom stereocenters. The second-order valence-corrected chi connectivity index (χ2v) is 6.51. The second-order valence-electron chi connectivity index (χ2n) is 5.65. The van der Waals surface area contributed by atoms with Gasteiger partial charge in [0.2, 0.25) is 0 Å². The van der Waals surface area contributed by atoms with Gasteiger partial charge in [0.05, 0.1) is 10.0 Å². The molecule has 18 heavy (non-hydrogen) atoms. The molecule has 1 aliphatic rings. The van der Waals surface area contributed by atoms with E-state index < -0.39 is 0 Å². The molecule has 100 valence electrons. The van der Waals surface area contributed by atoms with Gasteiger partial charge in [-0.05, 0) is 58.8 Å². The molecule has 3 N–H and O–H groups in total. The predicted octanol–water partition coefficient (Wildman–Crippen LogP) is 3.76. The first-order valence-electron chi connectivity index (χ1n) is 6.39. The Morgan fingerprint density at radius 3 is 2.67 bits per heavy atom. The van der Waals surface area contributed by atoms with Crippen molar-refractivity contribution in [1.82, 2.24) is 0 Å². The lowest BCUT2D eigenvalue weighted by Crippen LogP contribution is -2.56. The first-order valence-corrected chi connectivity index (χ1v) is 7.18. The van der Waals surface area contributed by atoms with Crippen molar-refractivity contribution in [2.24, 2.45) is 17.6 Å². The van der Waals surface area contributed by atoms with E-state index in [0.717, 1.165) is 24.4 Å². The quantitative estimate of drug-likeness (QED) is 0.888. The van der Waals surface area contributed by atoms with Crippen LogP contribution in [0, 0.1) is 17.7 Å². The summed E-state index contributed by atoms with van der Waals surface area (Å²) >= 11 is 3.20. The van der Waals surface area contributed by atoms with E-state index in [4.69, 9.17) is 5.73 Å². The third-order valence-corrected chi connectivity index (χ3v) is 4.58. The molecule has 0 saturated heterocycles. The lowest BCUT2D eigenvalue weighted by Gasteiger charge is -2.50. The number of nitrogens with two attached hydrogens (primary N) is 1. The van der Waals surface area contributed by atoms with Gasteiger partial charge in [-0.1, -0.05) is 13.8 Å². The van der Waals surface area contributed by atoms with Gasteiger partial charge in [-0.2, -0.15) is 0 Å². The van der Waals surface area contributed by atoms with Crippen molar-refractivity contribution in [2.75, 3.05) is 11.9 Å². The van der Waals surface area contributed by atoms with Crippen LogP contribution in [0.25, 0.3) is 0 Å². The molecule has 4 heteroatoms. The van der Waals surface area contributed by atoms with Gasteiger partial charge in [-0.15, -0.1) is 0 Å². The molecule has 2 nitrogen and oxygen atoms in total. The summed E-state index contributed by atoms with van der Waals surface area (Å²) in [5.41, 5.74) is 6.82. The van der Waals surface area contributed by atoms with Gasteiger partial charge >= 0.3 is 0 Å². The summed E-state index contributed by atoms with van der Waals surface area (Å²) in [7, 11) is 0. The summed E-state index contributed by atoms with van der Waals surface area (Å²) < 4.78 is 13.7. The Labute approximate surface area is 116 Å². The lowest BCUT2D eigenvalue weighted by molar-refractivity contribution is 0.130. The van der Waals surface area contributed by atoms with E-state index in [1.54, 1.807) is 12.1 Å². The summed E-state index contributed by atoms with van der Waals surface area (Å²) in [6.45, 7) is 5.12. The minimum atomic E-state index is -0.240. The first kappa shape index (κ1) is 13.8. The van der Waals surface area contributed by atoms with E-state index in [1.807, 2.05) is 0 Å². The number of halogens is 2. The summed E-state index contributed by atoms with van der Waals surface area (Å²) in [6, 6.07) is 5.00. The second kappa shape index (κ2) is 5.17. The van der Waals surface area contributed by atoms with Crippen molar-refractivity contribution in [3.05, 3.63) is 28.5 Å². The van der Waals surface area contributed by atoms with Crippen LogP contribution in [0.4, 0.5) is 10.1 Å². The van der Waals surface area contributed by atoms with E-state index in [2.05, 4.69) is 35.1 Å². The smallest absolute Gasteiger partial charge is 0.137 e. The normalized spacial score (nSPS) is 27.1. The molecule has 0 bridgehead atoms. The third kappa shape index (κ3) is 2.69. The third-order valence-electron chi connectivity index (χ3n) is 3.97. The van der Waals surface area contributed by atoms with Crippen LogP contribution >= 0.6 is 15.9 Å². The molecule has 0 unspecified atom stereocenters. The van der Waals surface area contributed by atoms with E-state index in [-0.39, 0.29) is 11.4 Å². The number of hydrogen-bond acceptors (Lipinski definition) is 2. The van der Waals surface area contributed by atoms with Gasteiger partial charge in [0.1, 0.15) is 5.82 Å². The Balaban J connectivity index is 2.06. The Morgan fingerprint density at radius 1 is 1.50 bits per heavy atom. The summed E-state index contributed by atoms with van der Waals surface area (Å²) in [5, 5.41) is 3.47. The fourth-order valence-corrected chi connectivity index (χ4v) is 2.99. The van der Waals surface area contributed by atoms with Crippen molar-refractivity contribution in [2.45, 2.75) is 32.2 Å². The number of benzene rings is 1. The molecule has 0 radical (unpaired) electrons. The van der Waals surface area contributed by atoms with E-state index in [0.29, 0.717) is 16.9 Å². The molecule has 1 fully saturated rings. The molecular weight excluding hydrogens is 295 g/mol. The zero-order valence-corrected chi connectivity index (χ0v) is 12.4. The SMILES string of the molecule is CC(C)C1CC(CN)(Nc2ccc(F)c(Br)c2)C1. The van der Waals surface area contributed by atoms with E-state index in [9.17, 15) is 4.39 Å². The summed E-state index contributed by atoms with van der Waals surface area (Å²) in [4.78, 5) is 0. The Hall–Kier alpha value is -0.610. The summed E-state index contributed by atoms with van der Waals surface area (Å²) in [5.74, 6) is 1.20. The number of hydrogen-bond donors (Lipinski definition) is 2. The number of rotatable bonds is 4. The maximum Gasteiger partial charge on any atom is 0.137 e. The van der Waals surface area contributed by atoms with Gasteiger partial charge in [0, 0.05) is 12.2 Å². The average Bonchev–Trinajstić information content (AvgIpc) is 2.27. The van der Waals surface area contributed by atoms with Crippen molar-refractivity contribution in [1.29, 1.82) is 0 Å². The van der Waals surface area contributed by atoms with Crippen LogP contribution in [0.15, 0.2) is 22.7 Å². The molecule has 1 aromatic rings. The van der Waals surface area contributed by atoms with E-state index >= 15 is 0 Å². The highest BCUT2D eigenvalue weighted by molar-refractivity contribution is 9.10. The maximum absolute atomic E-state index is 13.2. The molecule has 0 amide bonds. The Kier molecular flexibility index (Phi) is 3.97. The lowest BCUT2D eigenvalue weighted by atomic mass is 9.64. The molecule has 1 aromatic carbocycles. The average molecular weight is 315 g/mol. The fourth-order valence-electron chi connectivity index (χ4n) is 2.62. The molecule has 0 heterocycles. The van der Waals surface area contributed by atoms with Gasteiger partial charge in [-0.3, -0.25) is 0 Å². The number of nitrogens with one attached hydrogen (secondary N) is 1. The Morgan fingerprint density at radius 2 is 2.17 bits per heavy atom. The van der Waals surface area contributed by atoms with Crippen LogP contribution in [0.3, 0.4) is 0 Å². The summed E-state index contributed by atoms with van der Waals surface area (Å²) in [6.07, 6.45) is 2.19. The van der Waals surface area contributed by atoms with Crippen LogP contribution in [0.1, 0.15) is 26.7 Å². The Bertz CT molecular complexity index is 428. The van der Waals surface area contributed by atoms with Crippen LogP contribution < -0.4 is 11.1 Å². The highest BCUT2D eigenvalue weighted by Gasteiger charge is 2.44. The standard InChI is InChI=1S/C14H20BrFN2/c1-9(2)10-6-14(7-10,8-17)18-11-3-4-13(16)12(15)5-11/h3-5,9-10,18H,6-8,17H2,1-2H3. The molecule has 0 aliphatic heterocycles.